The summed E-state index contributed by atoms with van der Waals surface area (Å²) in [5.74, 6) is 0.300. The molecular weight excluding hydrogens is 225 g/mol. The number of aryl methyl sites for hydroxylation is 1. The average molecular weight is 233 g/mol. The number of ether oxygens (including phenoxy) is 1. The zero-order valence-corrected chi connectivity index (χ0v) is 8.98. The zero-order valence-electron chi connectivity index (χ0n) is 8.98. The number of halogens is 1. The van der Waals surface area contributed by atoms with Crippen molar-refractivity contribution in [1.29, 1.82) is 5.26 Å². The first-order chi connectivity index (χ1) is 8.20. The van der Waals surface area contributed by atoms with Crippen LogP contribution in [0.3, 0.4) is 0 Å². The third-order valence-electron chi connectivity index (χ3n) is 2.01. The molecule has 86 valence electrons. The lowest BCUT2D eigenvalue weighted by Crippen LogP contribution is -1.99. The molecule has 17 heavy (non-hydrogen) atoms. The Bertz CT molecular complexity index is 574. The molecule has 0 bridgehead atoms. The Morgan fingerprint density at radius 2 is 2.35 bits per heavy atom. The summed E-state index contributed by atoms with van der Waals surface area (Å²) in [6, 6.07) is 5.90. The van der Waals surface area contributed by atoms with Gasteiger partial charge in [-0.05, 0) is 19.1 Å². The summed E-state index contributed by atoms with van der Waals surface area (Å²) < 4.78 is 23.3. The van der Waals surface area contributed by atoms with Crippen molar-refractivity contribution in [3.8, 4) is 11.8 Å². The van der Waals surface area contributed by atoms with E-state index in [0.717, 1.165) is 0 Å². The van der Waals surface area contributed by atoms with Gasteiger partial charge in [0.25, 0.3) is 5.89 Å². The molecule has 0 fully saturated rings. The number of aromatic nitrogens is 2. The highest BCUT2D eigenvalue weighted by Gasteiger charge is 2.10. The molecule has 2 rings (SSSR count). The van der Waals surface area contributed by atoms with Crippen LogP contribution in [-0.4, -0.2) is 10.1 Å². The Kier molecular flexibility index (Phi) is 3.01. The van der Waals surface area contributed by atoms with E-state index in [2.05, 4.69) is 10.1 Å². The minimum absolute atomic E-state index is 0.00102. The lowest BCUT2D eigenvalue weighted by molar-refractivity contribution is 0.241. The van der Waals surface area contributed by atoms with E-state index in [1.165, 1.54) is 18.2 Å². The van der Waals surface area contributed by atoms with Crippen LogP contribution in [0.25, 0.3) is 0 Å². The molecule has 1 heterocycles. The maximum atomic E-state index is 13.2. The van der Waals surface area contributed by atoms with E-state index < -0.39 is 5.82 Å². The largest absolute Gasteiger partial charge is 0.482 e. The van der Waals surface area contributed by atoms with Gasteiger partial charge in [-0.1, -0.05) is 11.2 Å². The first-order valence-corrected chi connectivity index (χ1v) is 4.81. The van der Waals surface area contributed by atoms with Gasteiger partial charge in [0.15, 0.2) is 12.4 Å². The summed E-state index contributed by atoms with van der Waals surface area (Å²) in [6.07, 6.45) is 0. The second-order valence-electron chi connectivity index (χ2n) is 3.25. The van der Waals surface area contributed by atoms with Crippen molar-refractivity contribution in [3.63, 3.8) is 0 Å². The van der Waals surface area contributed by atoms with Crippen LogP contribution in [0.1, 0.15) is 17.3 Å². The van der Waals surface area contributed by atoms with Crippen molar-refractivity contribution in [2.75, 3.05) is 0 Å². The van der Waals surface area contributed by atoms with Gasteiger partial charge in [-0.3, -0.25) is 0 Å². The lowest BCUT2D eigenvalue weighted by atomic mass is 10.2. The molecule has 0 atom stereocenters. The Balaban J connectivity index is 2.14. The van der Waals surface area contributed by atoms with E-state index >= 15 is 0 Å². The quantitative estimate of drug-likeness (QED) is 0.810. The van der Waals surface area contributed by atoms with Crippen LogP contribution in [0, 0.1) is 24.1 Å². The topological polar surface area (TPSA) is 71.9 Å². The Morgan fingerprint density at radius 3 is 3.00 bits per heavy atom. The van der Waals surface area contributed by atoms with Crippen LogP contribution in [0.4, 0.5) is 4.39 Å². The Morgan fingerprint density at radius 1 is 1.53 bits per heavy atom. The zero-order chi connectivity index (χ0) is 12.3. The van der Waals surface area contributed by atoms with Crippen molar-refractivity contribution < 1.29 is 13.7 Å². The SMILES string of the molecule is Cc1noc(COc2cccc(F)c2C#N)n1. The molecule has 0 radical (unpaired) electrons. The van der Waals surface area contributed by atoms with Crippen LogP contribution in [-0.2, 0) is 6.61 Å². The smallest absolute Gasteiger partial charge is 0.264 e. The molecule has 0 spiro atoms. The highest BCUT2D eigenvalue weighted by atomic mass is 19.1. The van der Waals surface area contributed by atoms with E-state index in [1.54, 1.807) is 13.0 Å². The van der Waals surface area contributed by atoms with Crippen molar-refractivity contribution >= 4 is 0 Å². The molecule has 6 heteroatoms. The molecule has 0 amide bonds. The summed E-state index contributed by atoms with van der Waals surface area (Å²) in [6.45, 7) is 1.68. The number of hydrogen-bond donors (Lipinski definition) is 0. The molecule has 1 aromatic heterocycles. The van der Waals surface area contributed by atoms with Gasteiger partial charge in [-0.25, -0.2) is 4.39 Å². The first kappa shape index (κ1) is 11.1. The fourth-order valence-corrected chi connectivity index (χ4v) is 1.27. The summed E-state index contributed by atoms with van der Waals surface area (Å²) in [4.78, 5) is 3.92. The van der Waals surface area contributed by atoms with E-state index in [4.69, 9.17) is 14.5 Å². The van der Waals surface area contributed by atoms with Crippen molar-refractivity contribution in [2.45, 2.75) is 13.5 Å². The highest BCUT2D eigenvalue weighted by molar-refractivity contribution is 5.43. The molecular formula is C11H8FN3O2. The number of hydrogen-bond acceptors (Lipinski definition) is 5. The number of rotatable bonds is 3. The van der Waals surface area contributed by atoms with Crippen LogP contribution in [0.15, 0.2) is 22.7 Å². The van der Waals surface area contributed by atoms with E-state index in [0.29, 0.717) is 5.82 Å². The van der Waals surface area contributed by atoms with Crippen molar-refractivity contribution in [2.24, 2.45) is 0 Å². The fraction of sp³-hybridized carbons (Fsp3) is 0.182. The summed E-state index contributed by atoms with van der Waals surface area (Å²) in [5.41, 5.74) is -0.135. The minimum Gasteiger partial charge on any atom is -0.482 e. The van der Waals surface area contributed by atoms with E-state index in [9.17, 15) is 4.39 Å². The highest BCUT2D eigenvalue weighted by Crippen LogP contribution is 2.21. The predicted molar refractivity (Wildman–Crippen MR) is 54.5 cm³/mol. The minimum atomic E-state index is -0.619. The molecule has 5 nitrogen and oxygen atoms in total. The Labute approximate surface area is 96.4 Å². The normalized spacial score (nSPS) is 9.94. The first-order valence-electron chi connectivity index (χ1n) is 4.81. The Hall–Kier alpha value is -2.42. The van der Waals surface area contributed by atoms with Gasteiger partial charge in [0.1, 0.15) is 23.2 Å². The van der Waals surface area contributed by atoms with Gasteiger partial charge < -0.3 is 9.26 Å². The molecule has 1 aromatic carbocycles. The van der Waals surface area contributed by atoms with E-state index in [1.807, 2.05) is 0 Å². The standard InChI is InChI=1S/C11H8FN3O2/c1-7-14-11(17-15-7)6-16-10-4-2-3-9(12)8(10)5-13/h2-4H,6H2,1H3. The third kappa shape index (κ3) is 2.39. The maximum absolute atomic E-state index is 13.2. The fourth-order valence-electron chi connectivity index (χ4n) is 1.27. The van der Waals surface area contributed by atoms with Crippen LogP contribution in [0.5, 0.6) is 5.75 Å². The number of nitriles is 1. The molecule has 0 saturated heterocycles. The summed E-state index contributed by atoms with van der Waals surface area (Å²) >= 11 is 0. The number of benzene rings is 1. The maximum Gasteiger partial charge on any atom is 0.264 e. The summed E-state index contributed by atoms with van der Waals surface area (Å²) in [5, 5.41) is 12.4. The third-order valence-corrected chi connectivity index (χ3v) is 2.01. The van der Waals surface area contributed by atoms with Crippen molar-refractivity contribution in [3.05, 3.63) is 41.3 Å². The second-order valence-corrected chi connectivity index (χ2v) is 3.25. The van der Waals surface area contributed by atoms with Gasteiger partial charge in [0, 0.05) is 0 Å². The molecule has 0 aliphatic heterocycles. The molecule has 2 aromatic rings. The monoisotopic (exact) mass is 233 g/mol. The predicted octanol–water partition coefficient (Wildman–Crippen LogP) is 1.97. The van der Waals surface area contributed by atoms with Crippen LogP contribution in [0.2, 0.25) is 0 Å². The second kappa shape index (κ2) is 4.61. The van der Waals surface area contributed by atoms with Gasteiger partial charge in [0.2, 0.25) is 0 Å². The molecule has 0 N–H and O–H groups in total. The lowest BCUT2D eigenvalue weighted by Gasteiger charge is -2.05. The van der Waals surface area contributed by atoms with Crippen LogP contribution >= 0.6 is 0 Å². The summed E-state index contributed by atoms with van der Waals surface area (Å²) in [7, 11) is 0. The molecule has 0 aliphatic rings. The van der Waals surface area contributed by atoms with Crippen molar-refractivity contribution in [1.82, 2.24) is 10.1 Å². The van der Waals surface area contributed by atoms with Gasteiger partial charge in [-0.15, -0.1) is 0 Å². The van der Waals surface area contributed by atoms with Gasteiger partial charge in [-0.2, -0.15) is 10.2 Å². The van der Waals surface area contributed by atoms with Gasteiger partial charge >= 0.3 is 0 Å². The molecule has 0 aliphatic carbocycles. The average Bonchev–Trinajstić information content (AvgIpc) is 2.72. The molecule has 0 saturated carbocycles. The van der Waals surface area contributed by atoms with Crippen LogP contribution < -0.4 is 4.74 Å². The molecule has 0 unspecified atom stereocenters. The number of nitrogens with zero attached hydrogens (tertiary/aromatic N) is 3. The van der Waals surface area contributed by atoms with E-state index in [-0.39, 0.29) is 23.8 Å². The van der Waals surface area contributed by atoms with Gasteiger partial charge in [0.05, 0.1) is 0 Å².